The number of rotatable bonds is 8. The summed E-state index contributed by atoms with van der Waals surface area (Å²) in [7, 11) is -1.79. The van der Waals surface area contributed by atoms with Crippen molar-refractivity contribution in [3.8, 4) is 0 Å². The molecule has 11 nitrogen and oxygen atoms in total. The van der Waals surface area contributed by atoms with Crippen molar-refractivity contribution in [1.29, 1.82) is 0 Å². The smallest absolute Gasteiger partial charge is 0.258 e. The van der Waals surface area contributed by atoms with Gasteiger partial charge in [-0.1, -0.05) is 0 Å². The topological polar surface area (TPSA) is 129 Å². The predicted molar refractivity (Wildman–Crippen MR) is 165 cm³/mol. The normalized spacial score (nSPS) is 21.0. The summed E-state index contributed by atoms with van der Waals surface area (Å²) in [5.74, 6) is 0.953. The molecule has 2 aromatic heterocycles. The summed E-state index contributed by atoms with van der Waals surface area (Å²) in [4.78, 5) is 23.2. The summed E-state index contributed by atoms with van der Waals surface area (Å²) in [6.07, 6.45) is 6.69. The lowest BCUT2D eigenvalue weighted by Crippen LogP contribution is -2.41. The number of aromatic nitrogens is 2. The zero-order chi connectivity index (χ0) is 29.6. The number of aliphatic hydroxyl groups excluding tert-OH is 1. The van der Waals surface area contributed by atoms with Crippen LogP contribution in [0.3, 0.4) is 0 Å². The fourth-order valence-electron chi connectivity index (χ4n) is 6.09. The molecule has 1 amide bonds. The number of pyridine rings is 1. The lowest BCUT2D eigenvalue weighted by molar-refractivity contribution is 0.0530. The zero-order valence-corrected chi connectivity index (χ0v) is 25.3. The zero-order valence-electron chi connectivity index (χ0n) is 24.5. The number of amides is 1. The second-order valence-corrected chi connectivity index (χ2v) is 14.2. The fraction of sp³-hybridized carbons (Fsp3) is 0.533. The number of piperidine rings is 1. The number of morpholine rings is 1. The van der Waals surface area contributed by atoms with E-state index >= 15 is 0 Å². The Morgan fingerprint density at radius 3 is 2.60 bits per heavy atom. The molecule has 1 aliphatic carbocycles. The molecule has 3 N–H and O–H groups in total. The number of carbonyl (C=O) groups is 1. The predicted octanol–water partition coefficient (Wildman–Crippen LogP) is 3.55. The van der Waals surface area contributed by atoms with Crippen molar-refractivity contribution in [2.75, 3.05) is 59.2 Å². The molecule has 6 rings (SSSR count). The number of ether oxygens (including phenoxy) is 1. The molecule has 0 unspecified atom stereocenters. The number of sulfonamides is 1. The maximum absolute atomic E-state index is 13.9. The van der Waals surface area contributed by atoms with Crippen molar-refractivity contribution in [2.45, 2.75) is 50.9 Å². The first-order valence-electron chi connectivity index (χ1n) is 14.7. The molecule has 1 saturated carbocycles. The maximum Gasteiger partial charge on any atom is 0.258 e. The molecule has 12 heteroatoms. The van der Waals surface area contributed by atoms with Crippen LogP contribution in [0.4, 0.5) is 23.0 Å². The molecule has 4 heterocycles. The number of nitrogens with zero attached hydrogens (tertiary/aromatic N) is 4. The average Bonchev–Trinajstić information content (AvgIpc) is 3.62. The second-order valence-electron chi connectivity index (χ2n) is 12.1. The summed E-state index contributed by atoms with van der Waals surface area (Å²) in [5, 5.41) is 12.5. The van der Waals surface area contributed by atoms with E-state index < -0.39 is 21.9 Å². The summed E-state index contributed by atoms with van der Waals surface area (Å²) in [6, 6.07) is 8.90. The van der Waals surface area contributed by atoms with Crippen LogP contribution in [0.25, 0.3) is 10.9 Å². The molecule has 0 radical (unpaired) electrons. The average molecular weight is 597 g/mol. The summed E-state index contributed by atoms with van der Waals surface area (Å²) >= 11 is 0. The highest BCUT2D eigenvalue weighted by Crippen LogP contribution is 2.54. The molecule has 3 aromatic rings. The Hall–Kier alpha value is -3.35. The van der Waals surface area contributed by atoms with E-state index in [4.69, 9.17) is 9.72 Å². The quantitative estimate of drug-likeness (QED) is 0.360. The Kier molecular flexibility index (Phi) is 7.57. The largest absolute Gasteiger partial charge is 0.395 e. The van der Waals surface area contributed by atoms with Gasteiger partial charge in [0.25, 0.3) is 5.91 Å². The minimum atomic E-state index is -3.78. The van der Waals surface area contributed by atoms with Gasteiger partial charge in [0.15, 0.2) is 5.82 Å². The van der Waals surface area contributed by atoms with Gasteiger partial charge in [-0.2, -0.15) is 0 Å². The standard InChI is InChI=1S/C30H40N6O5S/c1-20-18-36(14-15-41-20)28-27-22(6-11-34(27)3)16-26(31-28)32-29(38)24-5-4-23(33-42(39,40)21(2)19-37)17-25(24)35-12-9-30(7-8-30)10-13-35/h4-6,11,16-17,20-21,33,37H,7-10,12-15,18-19H2,1-3H3,(H,31,32,38)/t20-,21+/m1/s1. The number of aliphatic hydroxyl groups is 1. The van der Waals surface area contributed by atoms with Gasteiger partial charge in [0, 0.05) is 44.8 Å². The molecule has 2 saturated heterocycles. The first-order valence-corrected chi connectivity index (χ1v) is 16.3. The van der Waals surface area contributed by atoms with Gasteiger partial charge in [-0.05, 0) is 75.3 Å². The van der Waals surface area contributed by atoms with Crippen LogP contribution in [0.15, 0.2) is 36.5 Å². The van der Waals surface area contributed by atoms with E-state index in [1.807, 2.05) is 36.9 Å². The van der Waals surface area contributed by atoms with Crippen molar-refractivity contribution >= 4 is 49.8 Å². The number of fused-ring (bicyclic) bond motifs is 1. The third-order valence-corrected chi connectivity index (χ3v) is 10.8. The van der Waals surface area contributed by atoms with Crippen LogP contribution in [0, 0.1) is 5.41 Å². The number of aryl methyl sites for hydroxylation is 1. The molecule has 2 aliphatic heterocycles. The van der Waals surface area contributed by atoms with Crippen LogP contribution in [0.2, 0.25) is 0 Å². The Bertz CT molecular complexity index is 1590. The number of carbonyl (C=O) groups excluding carboxylic acids is 1. The van der Waals surface area contributed by atoms with E-state index in [1.54, 1.807) is 18.2 Å². The van der Waals surface area contributed by atoms with Crippen LogP contribution < -0.4 is 19.8 Å². The van der Waals surface area contributed by atoms with Crippen LogP contribution in [0.1, 0.15) is 49.9 Å². The first-order chi connectivity index (χ1) is 20.1. The molecule has 2 atom stereocenters. The van der Waals surface area contributed by atoms with E-state index in [0.717, 1.165) is 42.7 Å². The van der Waals surface area contributed by atoms with E-state index in [-0.39, 0.29) is 12.0 Å². The Morgan fingerprint density at radius 2 is 1.90 bits per heavy atom. The molecule has 3 fully saturated rings. The maximum atomic E-state index is 13.9. The molecule has 3 aliphatic rings. The van der Waals surface area contributed by atoms with Crippen molar-refractivity contribution in [2.24, 2.45) is 12.5 Å². The lowest BCUT2D eigenvalue weighted by atomic mass is 9.93. The molecule has 42 heavy (non-hydrogen) atoms. The van der Waals surface area contributed by atoms with E-state index in [9.17, 15) is 18.3 Å². The van der Waals surface area contributed by atoms with Gasteiger partial charge in [0.1, 0.15) is 11.1 Å². The monoisotopic (exact) mass is 596 g/mol. The number of anilines is 4. The van der Waals surface area contributed by atoms with Gasteiger partial charge in [-0.15, -0.1) is 0 Å². The third kappa shape index (κ3) is 5.67. The van der Waals surface area contributed by atoms with E-state index in [0.29, 0.717) is 47.9 Å². The Balaban J connectivity index is 1.32. The summed E-state index contributed by atoms with van der Waals surface area (Å²) in [5.41, 5.74) is 2.94. The highest BCUT2D eigenvalue weighted by Gasteiger charge is 2.44. The molecular formula is C30H40N6O5S. The van der Waals surface area contributed by atoms with Crippen LogP contribution in [-0.4, -0.2) is 79.7 Å². The van der Waals surface area contributed by atoms with Gasteiger partial charge in [0.05, 0.1) is 41.8 Å². The van der Waals surface area contributed by atoms with Gasteiger partial charge >= 0.3 is 0 Å². The molecular weight excluding hydrogens is 556 g/mol. The van der Waals surface area contributed by atoms with Crippen molar-refractivity contribution in [1.82, 2.24) is 9.55 Å². The number of hydrogen-bond acceptors (Lipinski definition) is 8. The minimum Gasteiger partial charge on any atom is -0.395 e. The molecule has 1 aromatic carbocycles. The highest BCUT2D eigenvalue weighted by molar-refractivity contribution is 7.93. The number of hydrogen-bond donors (Lipinski definition) is 3. The number of nitrogens with one attached hydrogen (secondary N) is 2. The lowest BCUT2D eigenvalue weighted by Gasteiger charge is -2.35. The van der Waals surface area contributed by atoms with Crippen LogP contribution in [-0.2, 0) is 21.8 Å². The van der Waals surface area contributed by atoms with Crippen LogP contribution in [0.5, 0.6) is 0 Å². The Labute approximate surface area is 246 Å². The van der Waals surface area contributed by atoms with E-state index in [1.165, 1.54) is 19.8 Å². The van der Waals surface area contributed by atoms with Gasteiger partial charge in [-0.3, -0.25) is 9.52 Å². The Morgan fingerprint density at radius 1 is 1.14 bits per heavy atom. The van der Waals surface area contributed by atoms with Crippen molar-refractivity contribution in [3.63, 3.8) is 0 Å². The van der Waals surface area contributed by atoms with Gasteiger partial charge < -0.3 is 29.5 Å². The molecule has 0 bridgehead atoms. The van der Waals surface area contributed by atoms with Crippen molar-refractivity contribution in [3.05, 3.63) is 42.1 Å². The third-order valence-electron chi connectivity index (χ3n) is 9.03. The van der Waals surface area contributed by atoms with E-state index in [2.05, 4.69) is 19.8 Å². The first kappa shape index (κ1) is 28.8. The fourth-order valence-corrected chi connectivity index (χ4v) is 6.94. The highest BCUT2D eigenvalue weighted by atomic mass is 32.2. The molecule has 226 valence electrons. The number of benzene rings is 1. The SMILES string of the molecule is C[C@@H]1CN(c2nc(NC(=O)c3ccc(NS(=O)(=O)[C@@H](C)CO)cc3N3CCC4(CC3)CC4)cc3ccn(C)c23)CCO1. The van der Waals surface area contributed by atoms with Crippen LogP contribution >= 0.6 is 0 Å². The van der Waals surface area contributed by atoms with Gasteiger partial charge in [0.2, 0.25) is 10.0 Å². The van der Waals surface area contributed by atoms with Gasteiger partial charge in [-0.25, -0.2) is 13.4 Å². The second kappa shape index (κ2) is 11.1. The van der Waals surface area contributed by atoms with Crippen molar-refractivity contribution < 1.29 is 23.1 Å². The molecule has 1 spiro atoms. The summed E-state index contributed by atoms with van der Waals surface area (Å²) in [6.45, 7) is 6.64. The summed E-state index contributed by atoms with van der Waals surface area (Å²) < 4.78 is 35.7. The minimum absolute atomic E-state index is 0.0762.